The average Bonchev–Trinajstić information content (AvgIpc) is 2.15. The maximum Gasteiger partial charge on any atom is 0.316 e. The standard InChI is InChI=1S/C10H13F.FSi/c1-8-3-4-9(2)10(7-8)5-6-11;1-2/h3-4,7H,5-6H2,1-2H3;. The molecule has 0 aliphatic carbocycles. The number of benzene rings is 1. The molecular formula is C10H13F2Si. The Morgan fingerprint density at radius 2 is 1.85 bits per heavy atom. The van der Waals surface area contributed by atoms with Crippen LogP contribution in [0.1, 0.15) is 16.7 Å². The van der Waals surface area contributed by atoms with E-state index in [9.17, 15) is 8.50 Å². The SMILES string of the molecule is Cc1ccc(C)c(CCF)c1.F[Si]. The Kier molecular flexibility index (Phi) is 6.41. The lowest BCUT2D eigenvalue weighted by molar-refractivity contribution is 0.494. The van der Waals surface area contributed by atoms with Crippen LogP contribution in [-0.4, -0.2) is 17.3 Å². The third kappa shape index (κ3) is 4.17. The van der Waals surface area contributed by atoms with E-state index in [-0.39, 0.29) is 6.67 Å². The van der Waals surface area contributed by atoms with Gasteiger partial charge in [-0.15, -0.1) is 0 Å². The summed E-state index contributed by atoms with van der Waals surface area (Å²) in [6.07, 6.45) is 0.549. The monoisotopic (exact) mass is 199 g/mol. The highest BCUT2D eigenvalue weighted by Gasteiger charge is 1.96. The molecule has 0 aliphatic heterocycles. The van der Waals surface area contributed by atoms with Crippen LogP contribution in [0, 0.1) is 13.8 Å². The van der Waals surface area contributed by atoms with Crippen molar-refractivity contribution in [3.8, 4) is 0 Å². The molecule has 13 heavy (non-hydrogen) atoms. The van der Waals surface area contributed by atoms with Crippen LogP contribution in [0.3, 0.4) is 0 Å². The summed E-state index contributed by atoms with van der Waals surface area (Å²) in [5.74, 6) is 0. The third-order valence-electron chi connectivity index (χ3n) is 1.87. The first-order chi connectivity index (χ1) is 6.24. The van der Waals surface area contributed by atoms with E-state index in [0.29, 0.717) is 6.42 Å². The number of aryl methyl sites for hydroxylation is 3. The lowest BCUT2D eigenvalue weighted by Crippen LogP contribution is -1.91. The Bertz CT molecular complexity index is 249. The topological polar surface area (TPSA) is 0 Å². The van der Waals surface area contributed by atoms with Gasteiger partial charge in [-0.1, -0.05) is 23.8 Å². The van der Waals surface area contributed by atoms with Gasteiger partial charge >= 0.3 is 10.6 Å². The highest BCUT2D eigenvalue weighted by molar-refractivity contribution is 5.96. The Labute approximate surface area is 81.6 Å². The van der Waals surface area contributed by atoms with E-state index < -0.39 is 0 Å². The summed E-state index contributed by atoms with van der Waals surface area (Å²) in [4.78, 5) is 0. The van der Waals surface area contributed by atoms with Crippen molar-refractivity contribution in [2.45, 2.75) is 20.3 Å². The van der Waals surface area contributed by atoms with Gasteiger partial charge in [0.15, 0.2) is 0 Å². The van der Waals surface area contributed by atoms with Crippen LogP contribution in [-0.2, 0) is 6.42 Å². The molecule has 0 fully saturated rings. The molecule has 1 rings (SSSR count). The zero-order valence-electron chi connectivity index (χ0n) is 7.90. The molecule has 0 aliphatic rings. The third-order valence-corrected chi connectivity index (χ3v) is 1.87. The quantitative estimate of drug-likeness (QED) is 0.507. The molecule has 0 spiro atoms. The molecule has 0 atom stereocenters. The van der Waals surface area contributed by atoms with Gasteiger partial charge in [-0.05, 0) is 25.0 Å². The molecule has 0 aromatic heterocycles. The number of hydrogen-bond donors (Lipinski definition) is 0. The Morgan fingerprint density at radius 3 is 2.38 bits per heavy atom. The predicted molar refractivity (Wildman–Crippen MR) is 52.5 cm³/mol. The maximum absolute atomic E-state index is 12.0. The fourth-order valence-electron chi connectivity index (χ4n) is 1.17. The summed E-state index contributed by atoms with van der Waals surface area (Å²) in [7, 11) is 1.47. The first-order valence-corrected chi connectivity index (χ1v) is 4.43. The van der Waals surface area contributed by atoms with E-state index in [4.69, 9.17) is 0 Å². The molecule has 0 bridgehead atoms. The Morgan fingerprint density at radius 1 is 1.23 bits per heavy atom. The molecule has 0 saturated heterocycles. The summed E-state index contributed by atoms with van der Waals surface area (Å²) < 4.78 is 21.3. The van der Waals surface area contributed by atoms with Crippen molar-refractivity contribution < 1.29 is 8.50 Å². The molecule has 0 saturated carbocycles. The van der Waals surface area contributed by atoms with Gasteiger partial charge < -0.3 is 4.11 Å². The lowest BCUT2D eigenvalue weighted by atomic mass is 10.0. The minimum atomic E-state index is -0.260. The van der Waals surface area contributed by atoms with Crippen molar-refractivity contribution in [1.29, 1.82) is 0 Å². The molecule has 71 valence electrons. The van der Waals surface area contributed by atoms with Crippen molar-refractivity contribution in [3.05, 3.63) is 34.9 Å². The molecule has 0 unspecified atom stereocenters. The smallest absolute Gasteiger partial charge is 0.316 e. The fourth-order valence-corrected chi connectivity index (χ4v) is 1.17. The van der Waals surface area contributed by atoms with Crippen LogP contribution in [0.15, 0.2) is 18.2 Å². The number of hydrogen-bond acceptors (Lipinski definition) is 0. The zero-order valence-corrected chi connectivity index (χ0v) is 8.90. The van der Waals surface area contributed by atoms with Gasteiger partial charge in [-0.25, -0.2) is 0 Å². The highest BCUT2D eigenvalue weighted by Crippen LogP contribution is 2.10. The zero-order chi connectivity index (χ0) is 10.3. The molecule has 3 radical (unpaired) electrons. The summed E-state index contributed by atoms with van der Waals surface area (Å²) in [6.45, 7) is 3.79. The van der Waals surface area contributed by atoms with Gasteiger partial charge in [0.05, 0.1) is 6.67 Å². The van der Waals surface area contributed by atoms with Gasteiger partial charge in [-0.2, -0.15) is 0 Å². The van der Waals surface area contributed by atoms with Crippen molar-refractivity contribution in [2.75, 3.05) is 6.67 Å². The van der Waals surface area contributed by atoms with E-state index in [2.05, 4.69) is 12.1 Å². The van der Waals surface area contributed by atoms with E-state index in [1.807, 2.05) is 19.9 Å². The van der Waals surface area contributed by atoms with Crippen molar-refractivity contribution in [1.82, 2.24) is 0 Å². The van der Waals surface area contributed by atoms with Crippen molar-refractivity contribution in [2.24, 2.45) is 0 Å². The lowest BCUT2D eigenvalue weighted by Gasteiger charge is -2.03. The van der Waals surface area contributed by atoms with Gasteiger partial charge in [0.25, 0.3) is 0 Å². The first kappa shape index (κ1) is 12.3. The number of alkyl halides is 1. The molecule has 0 heterocycles. The summed E-state index contributed by atoms with van der Waals surface area (Å²) >= 11 is 0. The molecule has 1 aromatic carbocycles. The van der Waals surface area contributed by atoms with E-state index in [1.165, 1.54) is 21.7 Å². The Balaban J connectivity index is 0.000000671. The summed E-state index contributed by atoms with van der Waals surface area (Å²) in [6, 6.07) is 6.15. The minimum Gasteiger partial charge on any atom is -0.316 e. The molecular weight excluding hydrogens is 186 g/mol. The van der Waals surface area contributed by atoms with Gasteiger partial charge in [0.1, 0.15) is 0 Å². The number of rotatable bonds is 2. The minimum absolute atomic E-state index is 0.260. The summed E-state index contributed by atoms with van der Waals surface area (Å²) in [5.41, 5.74) is 3.53. The van der Waals surface area contributed by atoms with Crippen LogP contribution in [0.5, 0.6) is 0 Å². The average molecular weight is 199 g/mol. The van der Waals surface area contributed by atoms with Gasteiger partial charge in [-0.3, -0.25) is 4.39 Å². The first-order valence-electron chi connectivity index (χ1n) is 4.05. The molecule has 1 aromatic rings. The van der Waals surface area contributed by atoms with Gasteiger partial charge in [0, 0.05) is 6.42 Å². The summed E-state index contributed by atoms with van der Waals surface area (Å²) in [5, 5.41) is 0. The number of halogens is 2. The molecule has 3 heteroatoms. The van der Waals surface area contributed by atoms with Gasteiger partial charge in [0.2, 0.25) is 0 Å². The predicted octanol–water partition coefficient (Wildman–Crippen LogP) is 2.85. The van der Waals surface area contributed by atoms with Crippen LogP contribution in [0.4, 0.5) is 8.50 Å². The van der Waals surface area contributed by atoms with Crippen LogP contribution >= 0.6 is 0 Å². The normalized spacial score (nSPS) is 9.00. The van der Waals surface area contributed by atoms with Crippen LogP contribution in [0.25, 0.3) is 0 Å². The van der Waals surface area contributed by atoms with Crippen molar-refractivity contribution >= 4 is 10.6 Å². The molecule has 0 nitrogen and oxygen atoms in total. The molecule has 0 amide bonds. The molecule has 0 N–H and O–H groups in total. The second kappa shape index (κ2) is 6.77. The van der Waals surface area contributed by atoms with E-state index in [0.717, 1.165) is 5.56 Å². The highest BCUT2D eigenvalue weighted by atomic mass is 28.2. The van der Waals surface area contributed by atoms with E-state index >= 15 is 0 Å². The van der Waals surface area contributed by atoms with E-state index in [1.54, 1.807) is 0 Å². The van der Waals surface area contributed by atoms with Crippen LogP contribution in [0.2, 0.25) is 0 Å². The second-order valence-electron chi connectivity index (χ2n) is 2.87. The van der Waals surface area contributed by atoms with Crippen molar-refractivity contribution in [3.63, 3.8) is 0 Å². The Hall–Kier alpha value is -0.703. The second-order valence-corrected chi connectivity index (χ2v) is 2.87. The largest absolute Gasteiger partial charge is 0.316 e. The fraction of sp³-hybridized carbons (Fsp3) is 0.400. The van der Waals surface area contributed by atoms with Crippen LogP contribution < -0.4 is 0 Å². The maximum atomic E-state index is 12.0.